The molecule has 71 valence electrons. The first-order valence-corrected chi connectivity index (χ1v) is 4.09. The van der Waals surface area contributed by atoms with Crippen molar-refractivity contribution < 1.29 is 22.2 Å². The average Bonchev–Trinajstić information content (AvgIpc) is 2.04. The molecule has 0 fully saturated rings. The third kappa shape index (κ3) is 2.26. The van der Waals surface area contributed by atoms with Crippen LogP contribution in [0.25, 0.3) is 0 Å². The second-order valence-electron chi connectivity index (χ2n) is 2.62. The Hall–Kier alpha value is -0.461. The van der Waals surface area contributed by atoms with Crippen LogP contribution in [-0.4, -0.2) is 5.11 Å². The van der Waals surface area contributed by atoms with Gasteiger partial charge >= 0.3 is 0 Å². The van der Waals surface area contributed by atoms with Crippen LogP contribution in [0.3, 0.4) is 0 Å². The molecule has 0 heterocycles. The summed E-state index contributed by atoms with van der Waals surface area (Å²) in [6.45, 7) is 4.17. The van der Waals surface area contributed by atoms with Gasteiger partial charge in [-0.1, -0.05) is 26.0 Å². The van der Waals surface area contributed by atoms with E-state index in [0.717, 1.165) is 18.4 Å². The van der Waals surface area contributed by atoms with E-state index in [1.54, 1.807) is 6.07 Å². The van der Waals surface area contributed by atoms with E-state index in [0.29, 0.717) is 5.75 Å². The summed E-state index contributed by atoms with van der Waals surface area (Å²) >= 11 is 0. The zero-order valence-electron chi connectivity index (χ0n) is 7.39. The fourth-order valence-corrected chi connectivity index (χ4v) is 1.36. The van der Waals surface area contributed by atoms with Crippen LogP contribution < -0.4 is 0 Å². The van der Waals surface area contributed by atoms with Crippen LogP contribution in [0.5, 0.6) is 5.75 Å². The summed E-state index contributed by atoms with van der Waals surface area (Å²) in [6, 6.07) is 5.71. The quantitative estimate of drug-likeness (QED) is 0.749. The Morgan fingerprint density at radius 2 is 1.83 bits per heavy atom. The molecule has 1 nitrogen and oxygen atoms in total. The van der Waals surface area contributed by atoms with Gasteiger partial charge in [0.25, 0.3) is 0 Å². The van der Waals surface area contributed by atoms with Gasteiger partial charge < -0.3 is 5.11 Å². The second-order valence-corrected chi connectivity index (χ2v) is 2.62. The first-order valence-electron chi connectivity index (χ1n) is 4.09. The van der Waals surface area contributed by atoms with Crippen molar-refractivity contribution in [1.82, 2.24) is 0 Å². The minimum absolute atomic E-state index is 0. The van der Waals surface area contributed by atoms with Gasteiger partial charge in [0, 0.05) is 17.1 Å². The predicted molar refractivity (Wildman–Crippen MR) is 46.9 cm³/mol. The molecule has 0 unspecified atom stereocenters. The maximum atomic E-state index is 9.42. The smallest absolute Gasteiger partial charge is 0.119 e. The molecule has 0 aliphatic rings. The third-order valence-corrected chi connectivity index (χ3v) is 1.98. The van der Waals surface area contributed by atoms with Crippen molar-refractivity contribution in [3.05, 3.63) is 29.3 Å². The maximum absolute atomic E-state index is 9.42. The first kappa shape index (κ1) is 11.5. The Morgan fingerprint density at radius 1 is 1.17 bits per heavy atom. The van der Waals surface area contributed by atoms with Gasteiger partial charge in [-0.15, -0.1) is 0 Å². The van der Waals surface area contributed by atoms with Crippen LogP contribution in [0.4, 0.5) is 0 Å². The summed E-state index contributed by atoms with van der Waals surface area (Å²) in [5.41, 5.74) is 2.35. The molecule has 1 radical (unpaired) electrons. The SMILES string of the molecule is CCc1cccc(O)c1CC.[Cu]. The molecule has 0 saturated carbocycles. The number of hydrogen-bond donors (Lipinski definition) is 1. The van der Waals surface area contributed by atoms with E-state index < -0.39 is 0 Å². The van der Waals surface area contributed by atoms with Crippen molar-refractivity contribution in [2.24, 2.45) is 0 Å². The van der Waals surface area contributed by atoms with Crippen LogP contribution in [0.1, 0.15) is 25.0 Å². The normalized spacial score (nSPS) is 9.17. The zero-order valence-corrected chi connectivity index (χ0v) is 8.34. The minimum atomic E-state index is 0. The van der Waals surface area contributed by atoms with Gasteiger partial charge in [0.05, 0.1) is 0 Å². The molecule has 0 aliphatic heterocycles. The molecule has 0 saturated heterocycles. The monoisotopic (exact) mass is 213 g/mol. The topological polar surface area (TPSA) is 20.2 Å². The number of benzene rings is 1. The van der Waals surface area contributed by atoms with Crippen molar-refractivity contribution in [2.45, 2.75) is 26.7 Å². The predicted octanol–water partition coefficient (Wildman–Crippen LogP) is 2.51. The van der Waals surface area contributed by atoms with E-state index in [9.17, 15) is 5.11 Å². The van der Waals surface area contributed by atoms with Crippen molar-refractivity contribution in [2.75, 3.05) is 0 Å². The molecule has 0 amide bonds. The van der Waals surface area contributed by atoms with Crippen LogP contribution in [-0.2, 0) is 29.9 Å². The number of rotatable bonds is 2. The van der Waals surface area contributed by atoms with Gasteiger partial charge in [-0.25, -0.2) is 0 Å². The van der Waals surface area contributed by atoms with E-state index in [2.05, 4.69) is 19.9 Å². The average molecular weight is 214 g/mol. The van der Waals surface area contributed by atoms with Gasteiger partial charge in [0.1, 0.15) is 5.75 Å². The van der Waals surface area contributed by atoms with Crippen LogP contribution in [0, 0.1) is 0 Å². The zero-order chi connectivity index (χ0) is 8.27. The van der Waals surface area contributed by atoms with Gasteiger partial charge in [0.2, 0.25) is 0 Å². The van der Waals surface area contributed by atoms with Crippen molar-refractivity contribution >= 4 is 0 Å². The van der Waals surface area contributed by atoms with Gasteiger partial charge in [-0.3, -0.25) is 0 Å². The Labute approximate surface area is 84.3 Å². The van der Waals surface area contributed by atoms with Gasteiger partial charge in [-0.2, -0.15) is 0 Å². The molecule has 0 spiro atoms. The van der Waals surface area contributed by atoms with E-state index in [1.165, 1.54) is 5.56 Å². The summed E-state index contributed by atoms with van der Waals surface area (Å²) in [7, 11) is 0. The molecule has 0 aliphatic carbocycles. The molecule has 0 atom stereocenters. The van der Waals surface area contributed by atoms with E-state index in [-0.39, 0.29) is 17.1 Å². The summed E-state index contributed by atoms with van der Waals surface area (Å²) < 4.78 is 0. The number of aryl methyl sites for hydroxylation is 1. The second kappa shape index (κ2) is 5.23. The summed E-state index contributed by atoms with van der Waals surface area (Å²) in [6.07, 6.45) is 1.91. The number of hydrogen-bond acceptors (Lipinski definition) is 1. The minimum Gasteiger partial charge on any atom is -0.508 e. The molecular formula is C10H14CuO. The molecule has 1 aromatic carbocycles. The van der Waals surface area contributed by atoms with E-state index in [1.807, 2.05) is 6.07 Å². The molecule has 1 aromatic rings. The number of aromatic hydroxyl groups is 1. The van der Waals surface area contributed by atoms with Gasteiger partial charge in [-0.05, 0) is 30.0 Å². The summed E-state index contributed by atoms with van der Waals surface area (Å²) in [4.78, 5) is 0. The number of phenolic OH excluding ortho intramolecular Hbond substituents is 1. The summed E-state index contributed by atoms with van der Waals surface area (Å²) in [5, 5.41) is 9.42. The van der Waals surface area contributed by atoms with Gasteiger partial charge in [0.15, 0.2) is 0 Å². The van der Waals surface area contributed by atoms with E-state index in [4.69, 9.17) is 0 Å². The largest absolute Gasteiger partial charge is 0.508 e. The Balaban J connectivity index is 0.00000121. The van der Waals surface area contributed by atoms with Crippen LogP contribution in [0.2, 0.25) is 0 Å². The fourth-order valence-electron chi connectivity index (χ4n) is 1.36. The molecule has 12 heavy (non-hydrogen) atoms. The molecule has 2 heteroatoms. The molecule has 1 N–H and O–H groups in total. The van der Waals surface area contributed by atoms with Crippen molar-refractivity contribution in [3.63, 3.8) is 0 Å². The first-order chi connectivity index (χ1) is 5.29. The Morgan fingerprint density at radius 3 is 2.25 bits per heavy atom. The van der Waals surface area contributed by atoms with Crippen molar-refractivity contribution in [3.8, 4) is 5.75 Å². The van der Waals surface area contributed by atoms with Crippen LogP contribution in [0.15, 0.2) is 18.2 Å². The number of phenols is 1. The summed E-state index contributed by atoms with van der Waals surface area (Å²) in [5.74, 6) is 0.437. The molecule has 1 rings (SSSR count). The Kier molecular flexibility index (Phi) is 5.03. The van der Waals surface area contributed by atoms with E-state index >= 15 is 0 Å². The maximum Gasteiger partial charge on any atom is 0.119 e. The molecular weight excluding hydrogens is 200 g/mol. The molecule has 0 bridgehead atoms. The Bertz CT molecular complexity index is 246. The van der Waals surface area contributed by atoms with Crippen LogP contribution >= 0.6 is 0 Å². The fraction of sp³-hybridized carbons (Fsp3) is 0.400. The third-order valence-electron chi connectivity index (χ3n) is 1.98. The van der Waals surface area contributed by atoms with Crippen molar-refractivity contribution in [1.29, 1.82) is 0 Å². The standard InChI is InChI=1S/C10H14O.Cu/c1-3-8-6-5-7-10(11)9(8)4-2;/h5-7,11H,3-4H2,1-2H3;. The molecule has 0 aromatic heterocycles.